The lowest BCUT2D eigenvalue weighted by Crippen LogP contribution is -2.08. The molecule has 1 saturated carbocycles. The Balaban J connectivity index is 2.16. The molecule has 0 spiro atoms. The van der Waals surface area contributed by atoms with E-state index in [1.54, 1.807) is 7.11 Å². The van der Waals surface area contributed by atoms with Crippen molar-refractivity contribution < 1.29 is 4.74 Å². The molecule has 0 N–H and O–H groups in total. The van der Waals surface area contributed by atoms with Gasteiger partial charge in [0.2, 0.25) is 0 Å². The Hall–Kier alpha value is -0.980. The fourth-order valence-corrected chi connectivity index (χ4v) is 2.65. The first kappa shape index (κ1) is 11.5. The van der Waals surface area contributed by atoms with Gasteiger partial charge in [-0.15, -0.1) is 0 Å². The van der Waals surface area contributed by atoms with E-state index < -0.39 is 0 Å². The van der Waals surface area contributed by atoms with Crippen molar-refractivity contribution in [1.82, 2.24) is 0 Å². The summed E-state index contributed by atoms with van der Waals surface area (Å²) in [6.07, 6.45) is 1.34. The lowest BCUT2D eigenvalue weighted by Gasteiger charge is -2.18. The van der Waals surface area contributed by atoms with Crippen LogP contribution in [-0.2, 0) is 0 Å². The summed E-state index contributed by atoms with van der Waals surface area (Å²) in [4.78, 5) is 0. The molecule has 2 unspecified atom stereocenters. The third-order valence-electron chi connectivity index (χ3n) is 3.75. The zero-order chi connectivity index (χ0) is 11.9. The summed E-state index contributed by atoms with van der Waals surface area (Å²) in [6, 6.07) is 6.61. The normalized spacial score (nSPS) is 24.3. The number of hydrogen-bond donors (Lipinski definition) is 0. The topological polar surface area (TPSA) is 9.23 Å². The molecule has 0 heterocycles. The monoisotopic (exact) mass is 218 g/mol. The average Bonchev–Trinajstić information content (AvgIpc) is 2.96. The highest BCUT2D eigenvalue weighted by molar-refractivity contribution is 5.39. The van der Waals surface area contributed by atoms with Crippen molar-refractivity contribution in [1.29, 1.82) is 0 Å². The first-order valence-electron chi connectivity index (χ1n) is 6.08. The number of hydrogen-bond acceptors (Lipinski definition) is 1. The molecule has 16 heavy (non-hydrogen) atoms. The molecule has 0 radical (unpaired) electrons. The van der Waals surface area contributed by atoms with E-state index in [4.69, 9.17) is 4.74 Å². The zero-order valence-corrected chi connectivity index (χ0v) is 11.0. The summed E-state index contributed by atoms with van der Waals surface area (Å²) in [7, 11) is 1.73. The van der Waals surface area contributed by atoms with E-state index >= 15 is 0 Å². The molecule has 0 aliphatic heterocycles. The van der Waals surface area contributed by atoms with Crippen molar-refractivity contribution in [2.24, 2.45) is 11.3 Å². The second-order valence-corrected chi connectivity index (χ2v) is 6.04. The molecule has 2 atom stereocenters. The van der Waals surface area contributed by atoms with Crippen LogP contribution in [0.15, 0.2) is 18.2 Å². The molecule has 1 heteroatoms. The second kappa shape index (κ2) is 3.80. The lowest BCUT2D eigenvalue weighted by molar-refractivity contribution is 0.343. The predicted octanol–water partition coefficient (Wildman–Crippen LogP) is 4.15. The largest absolute Gasteiger partial charge is 0.496 e. The van der Waals surface area contributed by atoms with E-state index in [0.29, 0.717) is 5.41 Å². The van der Waals surface area contributed by atoms with E-state index in [2.05, 4.69) is 45.9 Å². The van der Waals surface area contributed by atoms with Crippen LogP contribution in [-0.4, -0.2) is 7.11 Å². The highest BCUT2D eigenvalue weighted by atomic mass is 16.5. The van der Waals surface area contributed by atoms with Crippen LogP contribution in [0, 0.1) is 18.3 Å². The van der Waals surface area contributed by atoms with Crippen LogP contribution in [0.4, 0.5) is 0 Å². The molecule has 1 aromatic rings. The van der Waals surface area contributed by atoms with Gasteiger partial charge in [0.25, 0.3) is 0 Å². The highest BCUT2D eigenvalue weighted by Crippen LogP contribution is 2.56. The molecular formula is C15H22O. The standard InChI is InChI=1S/C15H22O/c1-10-8-11(6-7-14(10)16-5)12-9-13(12)15(2,3)4/h6-8,12-13H,9H2,1-5H3. The molecule has 0 saturated heterocycles. The summed E-state index contributed by atoms with van der Waals surface area (Å²) in [5.41, 5.74) is 3.18. The zero-order valence-electron chi connectivity index (χ0n) is 11.0. The Labute approximate surface area is 98.8 Å². The van der Waals surface area contributed by atoms with E-state index in [9.17, 15) is 0 Å². The SMILES string of the molecule is COc1ccc(C2CC2C(C)(C)C)cc1C. The number of methoxy groups -OCH3 is 1. The quantitative estimate of drug-likeness (QED) is 0.724. The van der Waals surface area contributed by atoms with E-state index in [1.807, 2.05) is 0 Å². The summed E-state index contributed by atoms with van der Waals surface area (Å²) >= 11 is 0. The molecule has 1 aliphatic rings. The molecule has 1 aliphatic carbocycles. The Morgan fingerprint density at radius 1 is 1.25 bits per heavy atom. The molecule has 0 aromatic heterocycles. The van der Waals surface area contributed by atoms with E-state index in [-0.39, 0.29) is 0 Å². The second-order valence-electron chi connectivity index (χ2n) is 6.04. The van der Waals surface area contributed by atoms with Crippen molar-refractivity contribution in [3.05, 3.63) is 29.3 Å². The molecule has 2 rings (SSSR count). The van der Waals surface area contributed by atoms with Gasteiger partial charge in [0.05, 0.1) is 7.11 Å². The van der Waals surface area contributed by atoms with Crippen molar-refractivity contribution in [3.8, 4) is 5.75 Å². The minimum Gasteiger partial charge on any atom is -0.496 e. The van der Waals surface area contributed by atoms with Gasteiger partial charge in [-0.3, -0.25) is 0 Å². The third-order valence-corrected chi connectivity index (χ3v) is 3.75. The van der Waals surface area contributed by atoms with Crippen LogP contribution in [0.5, 0.6) is 5.75 Å². The predicted molar refractivity (Wildman–Crippen MR) is 68.0 cm³/mol. The maximum Gasteiger partial charge on any atom is 0.121 e. The summed E-state index contributed by atoms with van der Waals surface area (Å²) in [5, 5.41) is 0. The summed E-state index contributed by atoms with van der Waals surface area (Å²) < 4.78 is 5.29. The van der Waals surface area contributed by atoms with Crippen LogP contribution in [0.3, 0.4) is 0 Å². The van der Waals surface area contributed by atoms with Gasteiger partial charge in [-0.1, -0.05) is 32.9 Å². The van der Waals surface area contributed by atoms with Crippen LogP contribution < -0.4 is 4.74 Å². The fourth-order valence-electron chi connectivity index (χ4n) is 2.65. The van der Waals surface area contributed by atoms with E-state index in [1.165, 1.54) is 17.5 Å². The smallest absolute Gasteiger partial charge is 0.121 e. The number of ether oxygens (including phenoxy) is 1. The van der Waals surface area contributed by atoms with Gasteiger partial charge in [0.1, 0.15) is 5.75 Å². The first-order chi connectivity index (χ1) is 7.43. The highest BCUT2D eigenvalue weighted by Gasteiger charge is 2.45. The third kappa shape index (κ3) is 2.09. The van der Waals surface area contributed by atoms with Crippen LogP contribution in [0.2, 0.25) is 0 Å². The van der Waals surface area contributed by atoms with Crippen molar-refractivity contribution in [3.63, 3.8) is 0 Å². The maximum absolute atomic E-state index is 5.29. The van der Waals surface area contributed by atoms with Gasteiger partial charge in [0.15, 0.2) is 0 Å². The average molecular weight is 218 g/mol. The molecular weight excluding hydrogens is 196 g/mol. The minimum absolute atomic E-state index is 0.443. The van der Waals surface area contributed by atoms with Crippen LogP contribution >= 0.6 is 0 Å². The van der Waals surface area contributed by atoms with Gasteiger partial charge < -0.3 is 4.74 Å². The molecule has 1 nitrogen and oxygen atoms in total. The van der Waals surface area contributed by atoms with Crippen molar-refractivity contribution in [2.45, 2.75) is 40.0 Å². The van der Waals surface area contributed by atoms with Crippen LogP contribution in [0.1, 0.15) is 44.2 Å². The molecule has 88 valence electrons. The Kier molecular flexibility index (Phi) is 2.73. The minimum atomic E-state index is 0.443. The van der Waals surface area contributed by atoms with Gasteiger partial charge in [-0.05, 0) is 47.8 Å². The summed E-state index contributed by atoms with van der Waals surface area (Å²) in [5.74, 6) is 2.61. The van der Waals surface area contributed by atoms with Gasteiger partial charge in [-0.25, -0.2) is 0 Å². The van der Waals surface area contributed by atoms with E-state index in [0.717, 1.165) is 17.6 Å². The number of benzene rings is 1. The Bertz CT molecular complexity index is 387. The lowest BCUT2D eigenvalue weighted by atomic mass is 9.87. The van der Waals surface area contributed by atoms with Crippen molar-refractivity contribution >= 4 is 0 Å². The van der Waals surface area contributed by atoms with Gasteiger partial charge >= 0.3 is 0 Å². The Morgan fingerprint density at radius 2 is 1.94 bits per heavy atom. The number of aryl methyl sites for hydroxylation is 1. The van der Waals surface area contributed by atoms with Gasteiger partial charge in [0, 0.05) is 0 Å². The molecule has 1 fully saturated rings. The first-order valence-corrected chi connectivity index (χ1v) is 6.08. The Morgan fingerprint density at radius 3 is 2.38 bits per heavy atom. The summed E-state index contributed by atoms with van der Waals surface area (Å²) in [6.45, 7) is 9.15. The van der Waals surface area contributed by atoms with Gasteiger partial charge in [-0.2, -0.15) is 0 Å². The maximum atomic E-state index is 5.29. The molecule has 0 bridgehead atoms. The molecule has 0 amide bonds. The molecule has 1 aromatic carbocycles. The van der Waals surface area contributed by atoms with Crippen molar-refractivity contribution in [2.75, 3.05) is 7.11 Å². The van der Waals surface area contributed by atoms with Crippen LogP contribution in [0.25, 0.3) is 0 Å². The number of rotatable bonds is 2. The fraction of sp³-hybridized carbons (Fsp3) is 0.600.